The molecule has 1 atom stereocenters. The van der Waals surface area contributed by atoms with E-state index in [1.165, 1.54) is 6.07 Å². The van der Waals surface area contributed by atoms with E-state index in [4.69, 9.17) is 5.73 Å². The third kappa shape index (κ3) is 2.43. The first-order valence-corrected chi connectivity index (χ1v) is 9.47. The number of nitrogens with one attached hydrogen (secondary N) is 1. The van der Waals surface area contributed by atoms with Crippen LogP contribution < -0.4 is 5.73 Å². The minimum absolute atomic E-state index is 0.110. The molecule has 0 radical (unpaired) electrons. The Kier molecular flexibility index (Phi) is 3.41. The third-order valence-corrected chi connectivity index (χ3v) is 6.39. The van der Waals surface area contributed by atoms with Gasteiger partial charge in [-0.3, -0.25) is 4.79 Å². The van der Waals surface area contributed by atoms with Crippen molar-refractivity contribution in [2.24, 2.45) is 11.1 Å². The SMILES string of the molecule is CC1(c2cnn3c2[nH]c2cc(F)cc(C(N)=O)c23)CCN(CC2(C#N)CC2)C1. The number of primary amides is 1. The fraction of sp³-hybridized carbons (Fsp3) is 0.450. The van der Waals surface area contributed by atoms with Crippen LogP contribution in [0.2, 0.25) is 0 Å². The van der Waals surface area contributed by atoms with Crippen LogP contribution >= 0.6 is 0 Å². The number of hydrogen-bond donors (Lipinski definition) is 2. The first-order valence-electron chi connectivity index (χ1n) is 9.47. The summed E-state index contributed by atoms with van der Waals surface area (Å²) >= 11 is 0. The van der Waals surface area contributed by atoms with Gasteiger partial charge in [0.05, 0.1) is 28.8 Å². The first-order chi connectivity index (χ1) is 13.3. The van der Waals surface area contributed by atoms with Crippen LogP contribution in [0.15, 0.2) is 18.3 Å². The highest BCUT2D eigenvalue weighted by atomic mass is 19.1. The van der Waals surface area contributed by atoms with Crippen molar-refractivity contribution in [1.82, 2.24) is 19.5 Å². The van der Waals surface area contributed by atoms with E-state index in [0.29, 0.717) is 11.0 Å². The van der Waals surface area contributed by atoms with E-state index >= 15 is 0 Å². The van der Waals surface area contributed by atoms with Gasteiger partial charge < -0.3 is 15.6 Å². The predicted molar refractivity (Wildman–Crippen MR) is 101 cm³/mol. The Balaban J connectivity index is 1.56. The molecule has 3 N–H and O–H groups in total. The normalized spacial score (nSPS) is 24.0. The van der Waals surface area contributed by atoms with Crippen molar-refractivity contribution in [2.75, 3.05) is 19.6 Å². The Bertz CT molecular complexity index is 1170. The van der Waals surface area contributed by atoms with Gasteiger partial charge in [-0.05, 0) is 37.9 Å². The fourth-order valence-electron chi connectivity index (χ4n) is 4.61. The molecule has 0 spiro atoms. The van der Waals surface area contributed by atoms with E-state index in [-0.39, 0.29) is 16.4 Å². The third-order valence-electron chi connectivity index (χ3n) is 6.39. The Morgan fingerprint density at radius 1 is 1.43 bits per heavy atom. The molecule has 2 aliphatic rings. The summed E-state index contributed by atoms with van der Waals surface area (Å²) in [6.45, 7) is 4.77. The molecule has 1 amide bonds. The monoisotopic (exact) mass is 380 g/mol. The van der Waals surface area contributed by atoms with Gasteiger partial charge in [0.1, 0.15) is 17.0 Å². The summed E-state index contributed by atoms with van der Waals surface area (Å²) in [5.74, 6) is -1.20. The number of carbonyl (C=O) groups excluding carboxylic acids is 1. The smallest absolute Gasteiger partial charge is 0.251 e. The highest BCUT2D eigenvalue weighted by Gasteiger charge is 2.47. The van der Waals surface area contributed by atoms with Crippen LogP contribution in [-0.2, 0) is 5.41 Å². The lowest BCUT2D eigenvalue weighted by molar-refractivity contribution is 0.100. The average Bonchev–Trinajstić information content (AvgIpc) is 2.95. The number of fused-ring (bicyclic) bond motifs is 3. The topological polar surface area (TPSA) is 103 Å². The number of nitrogens with zero attached hydrogens (tertiary/aromatic N) is 4. The summed E-state index contributed by atoms with van der Waals surface area (Å²) in [5, 5.41) is 13.9. The maximum atomic E-state index is 13.9. The molecule has 2 aromatic heterocycles. The molecule has 3 aromatic rings. The molecule has 1 aliphatic carbocycles. The lowest BCUT2D eigenvalue weighted by Gasteiger charge is -2.24. The van der Waals surface area contributed by atoms with Crippen molar-refractivity contribution in [3.8, 4) is 6.07 Å². The van der Waals surface area contributed by atoms with Gasteiger partial charge in [0.15, 0.2) is 0 Å². The molecule has 7 nitrogen and oxygen atoms in total. The number of hydrogen-bond acceptors (Lipinski definition) is 4. The van der Waals surface area contributed by atoms with E-state index in [9.17, 15) is 14.4 Å². The van der Waals surface area contributed by atoms with E-state index in [0.717, 1.165) is 56.2 Å². The fourth-order valence-corrected chi connectivity index (χ4v) is 4.61. The van der Waals surface area contributed by atoms with Crippen LogP contribution in [0.25, 0.3) is 16.7 Å². The Labute approximate surface area is 160 Å². The minimum atomic E-state index is -0.688. The number of nitriles is 1. The molecule has 0 bridgehead atoms. The number of nitrogens with two attached hydrogens (primary N) is 1. The van der Waals surface area contributed by atoms with Gasteiger partial charge in [-0.1, -0.05) is 6.92 Å². The number of H-pyrrole nitrogens is 1. The summed E-state index contributed by atoms with van der Waals surface area (Å²) in [6.07, 6.45) is 4.73. The van der Waals surface area contributed by atoms with Gasteiger partial charge in [-0.2, -0.15) is 10.4 Å². The second-order valence-corrected chi connectivity index (χ2v) is 8.57. The largest absolute Gasteiger partial charge is 0.366 e. The number of aromatic amines is 1. The van der Waals surface area contributed by atoms with Crippen molar-refractivity contribution in [1.29, 1.82) is 5.26 Å². The second kappa shape index (κ2) is 5.55. The number of halogens is 1. The molecular formula is C20H21FN6O. The summed E-state index contributed by atoms with van der Waals surface area (Å²) in [4.78, 5) is 17.4. The summed E-state index contributed by atoms with van der Waals surface area (Å²) in [7, 11) is 0. The highest BCUT2D eigenvalue weighted by molar-refractivity contribution is 6.05. The molecule has 1 saturated carbocycles. The number of amides is 1. The van der Waals surface area contributed by atoms with Crippen LogP contribution in [0.4, 0.5) is 4.39 Å². The summed E-state index contributed by atoms with van der Waals surface area (Å²) in [5.41, 5.74) is 8.05. The van der Waals surface area contributed by atoms with E-state index in [2.05, 4.69) is 28.0 Å². The molecule has 28 heavy (non-hydrogen) atoms. The standard InChI is InChI=1S/C20H21FN6O/c1-19(4-5-26(10-19)11-20(9-22)2-3-20)14-8-24-27-16-13(17(23)28)6-12(21)7-15(16)25-18(14)27/h6-8,25H,2-5,10-11H2,1H3,(H2,23,28). The van der Waals surface area contributed by atoms with Crippen LogP contribution in [0.1, 0.15) is 42.1 Å². The summed E-state index contributed by atoms with van der Waals surface area (Å²) in [6, 6.07) is 4.97. The quantitative estimate of drug-likeness (QED) is 0.725. The molecule has 144 valence electrons. The zero-order valence-corrected chi connectivity index (χ0v) is 15.6. The summed E-state index contributed by atoms with van der Waals surface area (Å²) < 4.78 is 15.6. The van der Waals surface area contributed by atoms with Crippen molar-refractivity contribution >= 4 is 22.6 Å². The van der Waals surface area contributed by atoms with Gasteiger partial charge in [-0.25, -0.2) is 8.91 Å². The van der Waals surface area contributed by atoms with Gasteiger partial charge in [0.2, 0.25) is 0 Å². The van der Waals surface area contributed by atoms with Gasteiger partial charge in [0, 0.05) is 24.1 Å². The maximum absolute atomic E-state index is 13.9. The van der Waals surface area contributed by atoms with Crippen LogP contribution in [0.3, 0.4) is 0 Å². The van der Waals surface area contributed by atoms with Gasteiger partial charge in [-0.15, -0.1) is 0 Å². The van der Waals surface area contributed by atoms with Crippen LogP contribution in [-0.4, -0.2) is 45.0 Å². The number of likely N-dealkylation sites (tertiary alicyclic amines) is 1. The van der Waals surface area contributed by atoms with Crippen molar-refractivity contribution in [2.45, 2.75) is 31.6 Å². The lowest BCUT2D eigenvalue weighted by Crippen LogP contribution is -2.32. The Morgan fingerprint density at radius 3 is 2.89 bits per heavy atom. The van der Waals surface area contributed by atoms with Gasteiger partial charge in [0.25, 0.3) is 5.91 Å². The molecule has 1 saturated heterocycles. The molecule has 1 aliphatic heterocycles. The molecule has 1 unspecified atom stereocenters. The lowest BCUT2D eigenvalue weighted by atomic mass is 9.83. The number of imidazole rings is 1. The number of rotatable bonds is 4. The second-order valence-electron chi connectivity index (χ2n) is 8.57. The molecule has 1 aromatic carbocycles. The maximum Gasteiger partial charge on any atom is 0.251 e. The molecular weight excluding hydrogens is 359 g/mol. The minimum Gasteiger partial charge on any atom is -0.366 e. The zero-order valence-electron chi connectivity index (χ0n) is 15.6. The van der Waals surface area contributed by atoms with E-state index in [1.807, 2.05) is 6.20 Å². The zero-order chi connectivity index (χ0) is 19.7. The molecule has 5 rings (SSSR count). The number of benzene rings is 1. The highest BCUT2D eigenvalue weighted by Crippen LogP contribution is 2.47. The van der Waals surface area contributed by atoms with Crippen molar-refractivity contribution in [3.05, 3.63) is 35.3 Å². The van der Waals surface area contributed by atoms with Crippen molar-refractivity contribution < 1.29 is 9.18 Å². The molecule has 8 heteroatoms. The average molecular weight is 380 g/mol. The van der Waals surface area contributed by atoms with E-state index < -0.39 is 11.7 Å². The first kappa shape index (κ1) is 17.2. The number of aromatic nitrogens is 3. The molecule has 2 fully saturated rings. The molecule has 3 heterocycles. The number of carbonyl (C=O) groups is 1. The van der Waals surface area contributed by atoms with Crippen LogP contribution in [0, 0.1) is 22.6 Å². The van der Waals surface area contributed by atoms with Gasteiger partial charge >= 0.3 is 0 Å². The Morgan fingerprint density at radius 2 is 2.21 bits per heavy atom. The Hall–Kier alpha value is -2.92. The van der Waals surface area contributed by atoms with Crippen molar-refractivity contribution in [3.63, 3.8) is 0 Å². The van der Waals surface area contributed by atoms with E-state index in [1.54, 1.807) is 4.52 Å². The predicted octanol–water partition coefficient (Wildman–Crippen LogP) is 2.32. The van der Waals surface area contributed by atoms with Crippen LogP contribution in [0.5, 0.6) is 0 Å².